The minimum Gasteiger partial charge on any atom is -0.329 e. The molecule has 0 aliphatic rings. The molecule has 0 bridgehead atoms. The number of hydrogen-bond donors (Lipinski definition) is 2. The van der Waals surface area contributed by atoms with Crippen LogP contribution in [0.25, 0.3) is 0 Å². The van der Waals surface area contributed by atoms with Gasteiger partial charge < -0.3 is 5.32 Å². The number of amides is 3. The quantitative estimate of drug-likeness (QED) is 0.869. The summed E-state index contributed by atoms with van der Waals surface area (Å²) in [4.78, 5) is 24.5. The van der Waals surface area contributed by atoms with Gasteiger partial charge in [0.05, 0.1) is 6.54 Å². The van der Waals surface area contributed by atoms with Crippen LogP contribution < -0.4 is 10.6 Å². The first kappa shape index (κ1) is 19.0. The van der Waals surface area contributed by atoms with Crippen LogP contribution in [0.15, 0.2) is 18.2 Å². The normalized spacial score (nSPS) is 11.4. The second kappa shape index (κ2) is 7.96. The summed E-state index contributed by atoms with van der Waals surface area (Å²) in [5.41, 5.74) is 3.25. The Labute approximate surface area is 132 Å². The van der Waals surface area contributed by atoms with Gasteiger partial charge in [0.1, 0.15) is 6.54 Å². The van der Waals surface area contributed by atoms with Gasteiger partial charge in [0.15, 0.2) is 0 Å². The Kier molecular flexibility index (Phi) is 6.56. The van der Waals surface area contributed by atoms with Crippen LogP contribution in [-0.4, -0.2) is 43.2 Å². The molecule has 0 spiro atoms. The smallest absolute Gasteiger partial charge is 0.329 e. The number of benzene rings is 1. The van der Waals surface area contributed by atoms with Crippen molar-refractivity contribution in [2.75, 3.05) is 20.1 Å². The molecular formula is C15H20F3N3O2. The van der Waals surface area contributed by atoms with E-state index in [0.717, 1.165) is 16.7 Å². The zero-order chi connectivity index (χ0) is 17.6. The molecule has 0 fully saturated rings. The van der Waals surface area contributed by atoms with Crippen LogP contribution in [0.1, 0.15) is 16.7 Å². The zero-order valence-corrected chi connectivity index (χ0v) is 13.3. The van der Waals surface area contributed by atoms with E-state index in [4.69, 9.17) is 0 Å². The third kappa shape index (κ3) is 7.64. The van der Waals surface area contributed by atoms with Crippen LogP contribution in [0.5, 0.6) is 0 Å². The molecule has 0 saturated heterocycles. The molecule has 0 heterocycles. The van der Waals surface area contributed by atoms with Crippen molar-refractivity contribution in [1.82, 2.24) is 15.5 Å². The van der Waals surface area contributed by atoms with E-state index in [1.54, 1.807) is 17.3 Å². The first-order valence-corrected chi connectivity index (χ1v) is 6.96. The van der Waals surface area contributed by atoms with Crippen LogP contribution in [0.4, 0.5) is 18.0 Å². The Hall–Kier alpha value is -2.09. The van der Waals surface area contributed by atoms with E-state index < -0.39 is 24.7 Å². The third-order valence-corrected chi connectivity index (χ3v) is 3.05. The van der Waals surface area contributed by atoms with Crippen molar-refractivity contribution in [3.63, 3.8) is 0 Å². The van der Waals surface area contributed by atoms with Crippen LogP contribution in [0.3, 0.4) is 0 Å². The maximum Gasteiger partial charge on any atom is 0.405 e. The molecule has 23 heavy (non-hydrogen) atoms. The van der Waals surface area contributed by atoms with Gasteiger partial charge in [-0.3, -0.25) is 15.0 Å². The molecule has 0 radical (unpaired) electrons. The van der Waals surface area contributed by atoms with Crippen molar-refractivity contribution in [3.05, 3.63) is 34.9 Å². The summed E-state index contributed by atoms with van der Waals surface area (Å²) >= 11 is 0. The molecule has 0 saturated carbocycles. The third-order valence-electron chi connectivity index (χ3n) is 3.05. The fraction of sp³-hybridized carbons (Fsp3) is 0.467. The second-order valence-corrected chi connectivity index (χ2v) is 5.45. The number of halogens is 3. The van der Waals surface area contributed by atoms with Crippen LogP contribution in [0, 0.1) is 13.8 Å². The molecule has 1 aromatic carbocycles. The number of hydrogen-bond acceptors (Lipinski definition) is 3. The predicted octanol–water partition coefficient (Wildman–Crippen LogP) is 2.12. The van der Waals surface area contributed by atoms with E-state index in [1.165, 1.54) is 0 Å². The number of aryl methyl sites for hydroxylation is 2. The number of alkyl halides is 3. The summed E-state index contributed by atoms with van der Waals surface area (Å²) in [6, 6.07) is 4.77. The van der Waals surface area contributed by atoms with Crippen LogP contribution >= 0.6 is 0 Å². The highest BCUT2D eigenvalue weighted by molar-refractivity contribution is 5.95. The van der Waals surface area contributed by atoms with Gasteiger partial charge >= 0.3 is 12.2 Å². The molecule has 8 heteroatoms. The van der Waals surface area contributed by atoms with Gasteiger partial charge in [-0.05, 0) is 32.0 Å². The Morgan fingerprint density at radius 3 is 2.43 bits per heavy atom. The highest BCUT2D eigenvalue weighted by atomic mass is 19.4. The Bertz CT molecular complexity index is 574. The molecular weight excluding hydrogens is 311 g/mol. The fourth-order valence-electron chi connectivity index (χ4n) is 2.01. The largest absolute Gasteiger partial charge is 0.405 e. The van der Waals surface area contributed by atoms with E-state index in [-0.39, 0.29) is 6.54 Å². The Morgan fingerprint density at radius 2 is 1.87 bits per heavy atom. The molecule has 1 aromatic rings. The van der Waals surface area contributed by atoms with Gasteiger partial charge in [0.25, 0.3) is 0 Å². The molecule has 5 nitrogen and oxygen atoms in total. The van der Waals surface area contributed by atoms with Gasteiger partial charge in [-0.2, -0.15) is 13.2 Å². The number of nitrogens with one attached hydrogen (secondary N) is 2. The molecule has 3 amide bonds. The van der Waals surface area contributed by atoms with Crippen molar-refractivity contribution in [3.8, 4) is 0 Å². The first-order valence-electron chi connectivity index (χ1n) is 6.96. The zero-order valence-electron chi connectivity index (χ0n) is 13.3. The van der Waals surface area contributed by atoms with Crippen molar-refractivity contribution in [2.24, 2.45) is 0 Å². The molecule has 0 aliphatic heterocycles. The van der Waals surface area contributed by atoms with Crippen LogP contribution in [0.2, 0.25) is 0 Å². The second-order valence-electron chi connectivity index (χ2n) is 5.45. The number of imide groups is 1. The van der Waals surface area contributed by atoms with Gasteiger partial charge in [-0.25, -0.2) is 4.79 Å². The Balaban J connectivity index is 2.43. The molecule has 0 aromatic heterocycles. The lowest BCUT2D eigenvalue weighted by Gasteiger charge is -2.18. The molecule has 0 aliphatic carbocycles. The summed E-state index contributed by atoms with van der Waals surface area (Å²) in [6.07, 6.45) is -4.51. The monoisotopic (exact) mass is 331 g/mol. The highest BCUT2D eigenvalue weighted by Crippen LogP contribution is 2.13. The number of rotatable bonds is 5. The number of nitrogens with zero attached hydrogens (tertiary/aromatic N) is 1. The average Bonchev–Trinajstić information content (AvgIpc) is 2.38. The number of urea groups is 1. The lowest BCUT2D eigenvalue weighted by atomic mass is 10.1. The van der Waals surface area contributed by atoms with E-state index in [1.807, 2.05) is 37.4 Å². The average molecular weight is 331 g/mol. The van der Waals surface area contributed by atoms with Crippen molar-refractivity contribution in [1.29, 1.82) is 0 Å². The first-order chi connectivity index (χ1) is 10.6. The standard InChI is InChI=1S/C15H20F3N3O2/c1-10-4-5-12(11(2)6-10)7-21(3)8-13(22)20-14(23)19-9-15(16,17)18/h4-6H,7-9H2,1-3H3,(H2,19,20,22,23). The summed E-state index contributed by atoms with van der Waals surface area (Å²) in [7, 11) is 1.69. The maximum atomic E-state index is 11.9. The summed E-state index contributed by atoms with van der Waals surface area (Å²) in [5.74, 6) is -0.670. The van der Waals surface area contributed by atoms with Gasteiger partial charge in [0, 0.05) is 6.54 Å². The lowest BCUT2D eigenvalue weighted by Crippen LogP contribution is -2.46. The van der Waals surface area contributed by atoms with Crippen molar-refractivity contribution in [2.45, 2.75) is 26.6 Å². The summed E-state index contributed by atoms with van der Waals surface area (Å²) in [5, 5.41) is 3.44. The van der Waals surface area contributed by atoms with Crippen molar-refractivity contribution >= 4 is 11.9 Å². The molecule has 0 unspecified atom stereocenters. The minimum absolute atomic E-state index is 0.104. The van der Waals surface area contributed by atoms with E-state index in [0.29, 0.717) is 6.54 Å². The van der Waals surface area contributed by atoms with E-state index in [2.05, 4.69) is 0 Å². The van der Waals surface area contributed by atoms with Crippen LogP contribution in [-0.2, 0) is 11.3 Å². The maximum absolute atomic E-state index is 11.9. The van der Waals surface area contributed by atoms with Gasteiger partial charge in [-0.1, -0.05) is 23.8 Å². The van der Waals surface area contributed by atoms with Crippen molar-refractivity contribution < 1.29 is 22.8 Å². The van der Waals surface area contributed by atoms with Gasteiger partial charge in [0.2, 0.25) is 5.91 Å². The predicted molar refractivity (Wildman–Crippen MR) is 79.8 cm³/mol. The van der Waals surface area contributed by atoms with Gasteiger partial charge in [-0.15, -0.1) is 0 Å². The van der Waals surface area contributed by atoms with E-state index >= 15 is 0 Å². The summed E-state index contributed by atoms with van der Waals surface area (Å²) in [6.45, 7) is 2.84. The Morgan fingerprint density at radius 1 is 1.22 bits per heavy atom. The number of carbonyl (C=O) groups excluding carboxylic acids is 2. The molecule has 0 atom stereocenters. The SMILES string of the molecule is Cc1ccc(CN(C)CC(=O)NC(=O)NCC(F)(F)F)c(C)c1. The minimum atomic E-state index is -4.51. The molecule has 2 N–H and O–H groups in total. The number of carbonyl (C=O) groups is 2. The topological polar surface area (TPSA) is 61.4 Å². The molecule has 128 valence electrons. The number of likely N-dealkylation sites (N-methyl/N-ethyl adjacent to an activating group) is 1. The summed E-state index contributed by atoms with van der Waals surface area (Å²) < 4.78 is 35.8. The molecule has 1 rings (SSSR count). The lowest BCUT2D eigenvalue weighted by molar-refractivity contribution is -0.125. The fourth-order valence-corrected chi connectivity index (χ4v) is 2.01. The van der Waals surface area contributed by atoms with E-state index in [9.17, 15) is 22.8 Å². The highest BCUT2D eigenvalue weighted by Gasteiger charge is 2.28.